The first-order valence-corrected chi connectivity index (χ1v) is 10.5. The minimum absolute atomic E-state index is 0.0476. The second-order valence-electron chi connectivity index (χ2n) is 8.59. The number of halogens is 1. The number of nitrogen functional groups attached to an aromatic ring is 1. The molecular weight excluding hydrogens is 384 g/mol. The highest BCUT2D eigenvalue weighted by Gasteiger charge is 2.20. The highest BCUT2D eigenvalue weighted by molar-refractivity contribution is 6.34. The van der Waals surface area contributed by atoms with Crippen molar-refractivity contribution >= 4 is 34.6 Å². The Balaban J connectivity index is 1.77. The Labute approximate surface area is 178 Å². The minimum atomic E-state index is -0.182. The lowest BCUT2D eigenvalue weighted by Crippen LogP contribution is -2.46. The van der Waals surface area contributed by atoms with E-state index in [0.717, 1.165) is 38.4 Å². The lowest BCUT2D eigenvalue weighted by atomic mass is 9.87. The van der Waals surface area contributed by atoms with Crippen LogP contribution in [0.1, 0.15) is 43.6 Å². The van der Waals surface area contributed by atoms with E-state index in [0.29, 0.717) is 22.0 Å². The molecule has 0 aliphatic carbocycles. The summed E-state index contributed by atoms with van der Waals surface area (Å²) in [4.78, 5) is 17.4. The average molecular weight is 415 g/mol. The van der Waals surface area contributed by atoms with E-state index in [1.165, 1.54) is 5.56 Å². The smallest absolute Gasteiger partial charge is 0.255 e. The van der Waals surface area contributed by atoms with Crippen LogP contribution in [0.3, 0.4) is 0 Å². The molecule has 1 fully saturated rings. The molecule has 1 aliphatic rings. The molecule has 0 radical (unpaired) electrons. The number of rotatable bonds is 4. The molecule has 0 bridgehead atoms. The molecule has 0 saturated carbocycles. The van der Waals surface area contributed by atoms with Crippen LogP contribution in [0.2, 0.25) is 5.02 Å². The van der Waals surface area contributed by atoms with Crippen molar-refractivity contribution in [2.75, 3.05) is 48.7 Å². The summed E-state index contributed by atoms with van der Waals surface area (Å²) in [6.45, 7) is 13.5. The summed E-state index contributed by atoms with van der Waals surface area (Å²) < 4.78 is 0. The predicted octanol–water partition coefficient (Wildman–Crippen LogP) is 4.61. The van der Waals surface area contributed by atoms with Crippen LogP contribution >= 0.6 is 11.6 Å². The van der Waals surface area contributed by atoms with E-state index in [2.05, 4.69) is 42.8 Å². The van der Waals surface area contributed by atoms with Crippen LogP contribution in [0.25, 0.3) is 0 Å². The predicted molar refractivity (Wildman–Crippen MR) is 123 cm³/mol. The number of nitrogens with two attached hydrogens (primary N) is 1. The van der Waals surface area contributed by atoms with Crippen LogP contribution in [0, 0.1) is 0 Å². The molecule has 0 spiro atoms. The standard InChI is InChI=1S/C23H31ClN4O/c1-5-27-10-12-28(13-11-27)21-15-20(18(24)14-19(21)25)26-22(29)16-6-8-17(9-7-16)23(2,3)4/h6-9,14-15H,5,10-13,25H2,1-4H3,(H,26,29). The molecule has 2 aromatic rings. The maximum atomic E-state index is 12.8. The summed E-state index contributed by atoms with van der Waals surface area (Å²) >= 11 is 6.38. The zero-order valence-electron chi connectivity index (χ0n) is 17.8. The number of anilines is 3. The third-order valence-electron chi connectivity index (χ3n) is 5.54. The number of carbonyl (C=O) groups is 1. The van der Waals surface area contributed by atoms with Crippen LogP contribution < -0.4 is 16.0 Å². The first kappa shape index (κ1) is 21.5. The zero-order chi connectivity index (χ0) is 21.2. The van der Waals surface area contributed by atoms with Gasteiger partial charge in [0.05, 0.1) is 22.1 Å². The van der Waals surface area contributed by atoms with Gasteiger partial charge in [-0.2, -0.15) is 0 Å². The van der Waals surface area contributed by atoms with Crippen molar-refractivity contribution in [3.05, 3.63) is 52.5 Å². The van der Waals surface area contributed by atoms with Crippen molar-refractivity contribution < 1.29 is 4.79 Å². The Kier molecular flexibility index (Phi) is 6.39. The van der Waals surface area contributed by atoms with E-state index in [1.807, 2.05) is 30.3 Å². The Bertz CT molecular complexity index is 866. The monoisotopic (exact) mass is 414 g/mol. The van der Waals surface area contributed by atoms with Gasteiger partial charge >= 0.3 is 0 Å². The van der Waals surface area contributed by atoms with E-state index in [4.69, 9.17) is 17.3 Å². The van der Waals surface area contributed by atoms with Crippen molar-refractivity contribution in [2.45, 2.75) is 33.1 Å². The van der Waals surface area contributed by atoms with Gasteiger partial charge in [0.25, 0.3) is 5.91 Å². The fourth-order valence-corrected chi connectivity index (χ4v) is 3.79. The van der Waals surface area contributed by atoms with Gasteiger partial charge in [-0.3, -0.25) is 4.79 Å². The van der Waals surface area contributed by atoms with Crippen molar-refractivity contribution in [2.24, 2.45) is 0 Å². The van der Waals surface area contributed by atoms with Crippen LogP contribution in [0.15, 0.2) is 36.4 Å². The Morgan fingerprint density at radius 2 is 1.72 bits per heavy atom. The third kappa shape index (κ3) is 5.03. The summed E-state index contributed by atoms with van der Waals surface area (Å²) in [6.07, 6.45) is 0. The molecule has 1 heterocycles. The SMILES string of the molecule is CCN1CCN(c2cc(NC(=O)c3ccc(C(C)(C)C)cc3)c(Cl)cc2N)CC1. The summed E-state index contributed by atoms with van der Waals surface area (Å²) in [5, 5.41) is 3.39. The van der Waals surface area contributed by atoms with Crippen LogP contribution in [-0.2, 0) is 5.41 Å². The highest BCUT2D eigenvalue weighted by atomic mass is 35.5. The van der Waals surface area contributed by atoms with E-state index in [1.54, 1.807) is 6.07 Å². The number of nitrogens with one attached hydrogen (secondary N) is 1. The number of piperazine rings is 1. The Morgan fingerprint density at radius 1 is 1.10 bits per heavy atom. The fraction of sp³-hybridized carbons (Fsp3) is 0.435. The van der Waals surface area contributed by atoms with Crippen LogP contribution in [0.4, 0.5) is 17.1 Å². The minimum Gasteiger partial charge on any atom is -0.397 e. The second kappa shape index (κ2) is 8.64. The number of likely N-dealkylation sites (N-methyl/N-ethyl adjacent to an activating group) is 1. The summed E-state index contributed by atoms with van der Waals surface area (Å²) in [6, 6.07) is 11.3. The molecule has 5 nitrogen and oxygen atoms in total. The Morgan fingerprint density at radius 3 is 2.28 bits per heavy atom. The number of nitrogens with zero attached hydrogens (tertiary/aromatic N) is 2. The molecule has 3 N–H and O–H groups in total. The Hall–Kier alpha value is -2.24. The van der Waals surface area contributed by atoms with E-state index < -0.39 is 0 Å². The fourth-order valence-electron chi connectivity index (χ4n) is 3.57. The van der Waals surface area contributed by atoms with E-state index in [9.17, 15) is 4.79 Å². The van der Waals surface area contributed by atoms with Gasteiger partial charge in [-0.1, -0.05) is 51.4 Å². The lowest BCUT2D eigenvalue weighted by molar-refractivity contribution is 0.102. The molecule has 1 aliphatic heterocycles. The number of benzene rings is 2. The number of hydrogen-bond acceptors (Lipinski definition) is 4. The lowest BCUT2D eigenvalue weighted by Gasteiger charge is -2.36. The molecule has 0 aromatic heterocycles. The summed E-state index contributed by atoms with van der Waals surface area (Å²) in [5.41, 5.74) is 10.2. The first-order chi connectivity index (χ1) is 13.7. The average Bonchev–Trinajstić information content (AvgIpc) is 2.69. The zero-order valence-corrected chi connectivity index (χ0v) is 18.5. The second-order valence-corrected chi connectivity index (χ2v) is 9.00. The van der Waals surface area contributed by atoms with Gasteiger partial charge in [0, 0.05) is 31.7 Å². The van der Waals surface area contributed by atoms with Crippen molar-refractivity contribution in [1.82, 2.24) is 4.90 Å². The van der Waals surface area contributed by atoms with Gasteiger partial charge in [0.15, 0.2) is 0 Å². The van der Waals surface area contributed by atoms with Gasteiger partial charge < -0.3 is 20.9 Å². The van der Waals surface area contributed by atoms with E-state index >= 15 is 0 Å². The molecule has 6 heteroatoms. The van der Waals surface area contributed by atoms with Crippen molar-refractivity contribution in [1.29, 1.82) is 0 Å². The topological polar surface area (TPSA) is 61.6 Å². The van der Waals surface area contributed by atoms with Gasteiger partial charge in [-0.05, 0) is 41.8 Å². The highest BCUT2D eigenvalue weighted by Crippen LogP contribution is 2.34. The number of hydrogen-bond donors (Lipinski definition) is 2. The maximum absolute atomic E-state index is 12.8. The van der Waals surface area contributed by atoms with Gasteiger partial charge in [-0.25, -0.2) is 0 Å². The quantitative estimate of drug-likeness (QED) is 0.717. The molecule has 29 heavy (non-hydrogen) atoms. The van der Waals surface area contributed by atoms with E-state index in [-0.39, 0.29) is 11.3 Å². The molecule has 0 unspecified atom stereocenters. The van der Waals surface area contributed by atoms with Gasteiger partial charge in [0.1, 0.15) is 0 Å². The molecule has 1 saturated heterocycles. The number of amides is 1. The third-order valence-corrected chi connectivity index (χ3v) is 5.85. The largest absolute Gasteiger partial charge is 0.397 e. The molecule has 156 valence electrons. The molecular formula is C23H31ClN4O. The molecule has 0 atom stereocenters. The van der Waals surface area contributed by atoms with Gasteiger partial charge in [0.2, 0.25) is 0 Å². The molecule has 3 rings (SSSR count). The summed E-state index contributed by atoms with van der Waals surface area (Å²) in [7, 11) is 0. The van der Waals surface area contributed by atoms with Crippen LogP contribution in [0.5, 0.6) is 0 Å². The molecule has 1 amide bonds. The first-order valence-electron chi connectivity index (χ1n) is 10.2. The maximum Gasteiger partial charge on any atom is 0.255 e. The van der Waals surface area contributed by atoms with Gasteiger partial charge in [-0.15, -0.1) is 0 Å². The number of carbonyl (C=O) groups excluding carboxylic acids is 1. The van der Waals surface area contributed by atoms with Crippen molar-refractivity contribution in [3.8, 4) is 0 Å². The van der Waals surface area contributed by atoms with Crippen LogP contribution in [-0.4, -0.2) is 43.5 Å². The summed E-state index contributed by atoms with van der Waals surface area (Å²) in [5.74, 6) is -0.182. The normalized spacial score (nSPS) is 15.4. The van der Waals surface area contributed by atoms with Crippen molar-refractivity contribution in [3.63, 3.8) is 0 Å². The molecule has 2 aromatic carbocycles.